The molecule has 0 aromatic rings. The molecule has 0 radical (unpaired) electrons. The van der Waals surface area contributed by atoms with Gasteiger partial charge in [-0.05, 0) is 6.42 Å². The Morgan fingerprint density at radius 1 is 1.14 bits per heavy atom. The van der Waals surface area contributed by atoms with Gasteiger partial charge in [0.15, 0.2) is 0 Å². The van der Waals surface area contributed by atoms with Crippen LogP contribution in [0.2, 0.25) is 0 Å². The van der Waals surface area contributed by atoms with Gasteiger partial charge in [-0.25, -0.2) is 0 Å². The third-order valence-corrected chi connectivity index (χ3v) is 0.744. The first kappa shape index (κ1) is 6.91. The van der Waals surface area contributed by atoms with E-state index in [-0.39, 0.29) is 4.70 Å². The molecule has 0 saturated carbocycles. The summed E-state index contributed by atoms with van der Waals surface area (Å²) in [6, 6.07) is 0. The predicted octanol–water partition coefficient (Wildman–Crippen LogP) is -0.158. The van der Waals surface area contributed by atoms with Crippen LogP contribution < -0.4 is 0 Å². The van der Waals surface area contributed by atoms with Crippen molar-refractivity contribution in [1.29, 1.82) is 0 Å². The van der Waals surface area contributed by atoms with Gasteiger partial charge in [0.05, 0.1) is 0 Å². The second-order valence-corrected chi connectivity index (χ2v) is 1.29. The lowest BCUT2D eigenvalue weighted by Crippen LogP contribution is -2.14. The summed E-state index contributed by atoms with van der Waals surface area (Å²) < 4.78 is 9.69. The third kappa shape index (κ3) is 2.59. The van der Waals surface area contributed by atoms with E-state index in [2.05, 4.69) is 0 Å². The topological polar surface area (TPSA) is 18.5 Å². The molecule has 0 bridgehead atoms. The third-order valence-electron chi connectivity index (χ3n) is 0.744. The van der Waals surface area contributed by atoms with E-state index in [1.165, 1.54) is 0 Å². The normalized spacial score (nSPS) is 19.4. The van der Waals surface area contributed by atoms with Gasteiger partial charge in [-0.3, -0.25) is 4.70 Å². The largest absolute Gasteiger partial charge is 0.438 e. The maximum Gasteiger partial charge on any atom is 0.438 e. The zero-order valence-corrected chi connectivity index (χ0v) is 4.05. The van der Waals surface area contributed by atoms with E-state index >= 15 is 0 Å². The van der Waals surface area contributed by atoms with Crippen molar-refractivity contribution in [3.05, 3.63) is 0 Å². The Labute approximate surface area is 42.5 Å². The zero-order chi connectivity index (χ0) is 4.24. The number of halogens is 1. The molecule has 0 amide bonds. The van der Waals surface area contributed by atoms with Crippen LogP contribution in [0.25, 0.3) is 0 Å². The van der Waals surface area contributed by atoms with Gasteiger partial charge in [-0.1, -0.05) is 0 Å². The first-order chi connectivity index (χ1) is 3.00. The summed E-state index contributed by atoms with van der Waals surface area (Å²) in [4.78, 5) is 0. The van der Waals surface area contributed by atoms with Crippen molar-refractivity contribution in [2.75, 3.05) is 13.2 Å². The average Bonchev–Trinajstić information content (AvgIpc) is 1.72. The Morgan fingerprint density at radius 2 is 1.71 bits per heavy atom. The van der Waals surface area contributed by atoms with E-state index < -0.39 is 0 Å². The lowest BCUT2D eigenvalue weighted by Gasteiger charge is -2.08. The Morgan fingerprint density at radius 3 is 1.86 bits per heavy atom. The molecule has 4 heteroatoms. The Hall–Kier alpha value is -0.0851. The van der Waals surface area contributed by atoms with E-state index in [9.17, 15) is 0 Å². The summed E-state index contributed by atoms with van der Waals surface area (Å²) in [5.74, 6) is 0. The summed E-state index contributed by atoms with van der Waals surface area (Å²) in [5, 5.41) is 0. The lowest BCUT2D eigenvalue weighted by molar-refractivity contribution is 0.156. The highest BCUT2D eigenvalue weighted by Crippen LogP contribution is 1.89. The second kappa shape index (κ2) is 4.08. The van der Waals surface area contributed by atoms with Gasteiger partial charge in [-0.2, -0.15) is 0 Å². The number of hydrogen-bond donors (Lipinski definition) is 0. The van der Waals surface area contributed by atoms with Crippen LogP contribution in [0.4, 0.5) is 4.70 Å². The van der Waals surface area contributed by atoms with Gasteiger partial charge < -0.3 is 9.31 Å². The van der Waals surface area contributed by atoms with Crippen molar-refractivity contribution in [3.8, 4) is 0 Å². The molecule has 42 valence electrons. The first-order valence-corrected chi connectivity index (χ1v) is 2.15. The average molecular weight is 106 g/mol. The molecule has 0 N–H and O–H groups in total. The van der Waals surface area contributed by atoms with E-state index in [0.29, 0.717) is 7.69 Å². The summed E-state index contributed by atoms with van der Waals surface area (Å²) in [7, 11) is 0.500. The van der Waals surface area contributed by atoms with E-state index in [0.717, 1.165) is 19.6 Å². The van der Waals surface area contributed by atoms with Crippen LogP contribution in [0.3, 0.4) is 0 Å². The van der Waals surface area contributed by atoms with Gasteiger partial charge >= 0.3 is 7.69 Å². The smallest absolute Gasteiger partial charge is 0.414 e. The standard InChI is InChI=1S/C3H7BO2.FH/c1-2-5-4-6-3-1;/h4H,1-3H2;1H. The van der Waals surface area contributed by atoms with Gasteiger partial charge in [0.2, 0.25) is 0 Å². The fourth-order valence-corrected chi connectivity index (χ4v) is 0.440. The monoisotopic (exact) mass is 106 g/mol. The molecule has 0 aromatic heterocycles. The number of hydrogen-bond acceptors (Lipinski definition) is 2. The molecule has 1 heterocycles. The molecule has 0 aromatic carbocycles. The molecule has 0 unspecified atom stereocenters. The quantitative estimate of drug-likeness (QED) is 0.399. The van der Waals surface area contributed by atoms with Gasteiger partial charge in [0.1, 0.15) is 0 Å². The molecule has 0 spiro atoms. The van der Waals surface area contributed by atoms with Crippen molar-refractivity contribution in [2.24, 2.45) is 0 Å². The van der Waals surface area contributed by atoms with E-state index in [1.54, 1.807) is 0 Å². The van der Waals surface area contributed by atoms with Crippen molar-refractivity contribution < 1.29 is 14.0 Å². The van der Waals surface area contributed by atoms with Crippen LogP contribution in [-0.4, -0.2) is 20.9 Å². The molecule has 2 nitrogen and oxygen atoms in total. The Balaban J connectivity index is 0.000000360. The molecule has 7 heavy (non-hydrogen) atoms. The fourth-order valence-electron chi connectivity index (χ4n) is 0.440. The Bertz CT molecular complexity index is 28.4. The molecule has 1 aliphatic heterocycles. The summed E-state index contributed by atoms with van der Waals surface area (Å²) >= 11 is 0. The second-order valence-electron chi connectivity index (χ2n) is 1.29. The fraction of sp³-hybridized carbons (Fsp3) is 1.00. The van der Waals surface area contributed by atoms with Gasteiger partial charge in [0, 0.05) is 13.2 Å². The van der Waals surface area contributed by atoms with Gasteiger partial charge in [0.25, 0.3) is 0 Å². The maximum atomic E-state index is 4.85. The molecule has 1 fully saturated rings. The minimum atomic E-state index is 0. The van der Waals surface area contributed by atoms with E-state index in [1.807, 2.05) is 0 Å². The SMILES string of the molecule is B1OCCCO1.F. The van der Waals surface area contributed by atoms with Crippen LogP contribution in [0.5, 0.6) is 0 Å². The number of rotatable bonds is 0. The van der Waals surface area contributed by atoms with Crippen molar-refractivity contribution in [1.82, 2.24) is 0 Å². The zero-order valence-electron chi connectivity index (χ0n) is 4.05. The van der Waals surface area contributed by atoms with E-state index in [4.69, 9.17) is 9.31 Å². The summed E-state index contributed by atoms with van der Waals surface area (Å²) in [6.45, 7) is 1.75. The van der Waals surface area contributed by atoms with Crippen molar-refractivity contribution in [2.45, 2.75) is 6.42 Å². The minimum Gasteiger partial charge on any atom is -0.414 e. The molecule has 1 rings (SSSR count). The van der Waals surface area contributed by atoms with Crippen LogP contribution in [0.15, 0.2) is 0 Å². The maximum absolute atomic E-state index is 4.85. The summed E-state index contributed by atoms with van der Waals surface area (Å²) in [5.41, 5.74) is 0. The predicted molar refractivity (Wildman–Crippen MR) is 26.2 cm³/mol. The van der Waals surface area contributed by atoms with Crippen LogP contribution in [0.1, 0.15) is 6.42 Å². The van der Waals surface area contributed by atoms with Crippen molar-refractivity contribution in [3.63, 3.8) is 0 Å². The first-order valence-electron chi connectivity index (χ1n) is 2.15. The highest BCUT2D eigenvalue weighted by Gasteiger charge is 1.97. The highest BCUT2D eigenvalue weighted by molar-refractivity contribution is 6.18. The molecular weight excluding hydrogens is 97.8 g/mol. The summed E-state index contributed by atoms with van der Waals surface area (Å²) in [6.07, 6.45) is 1.06. The van der Waals surface area contributed by atoms with Crippen LogP contribution >= 0.6 is 0 Å². The van der Waals surface area contributed by atoms with Crippen LogP contribution in [0, 0.1) is 0 Å². The molecule has 0 aliphatic carbocycles. The Kier molecular flexibility index (Phi) is 4.03. The van der Waals surface area contributed by atoms with Gasteiger partial charge in [-0.15, -0.1) is 0 Å². The highest BCUT2D eigenvalue weighted by atomic mass is 19.0. The molecular formula is C3H8BFO2. The lowest BCUT2D eigenvalue weighted by atomic mass is 10.3. The molecule has 1 saturated heterocycles. The molecule has 0 atom stereocenters. The minimum absolute atomic E-state index is 0. The van der Waals surface area contributed by atoms with Crippen LogP contribution in [-0.2, 0) is 9.31 Å². The molecule has 1 aliphatic rings. The van der Waals surface area contributed by atoms with Crippen molar-refractivity contribution >= 4 is 7.69 Å².